The summed E-state index contributed by atoms with van der Waals surface area (Å²) in [6.07, 6.45) is 12.6. The third kappa shape index (κ3) is 3.00. The van der Waals surface area contributed by atoms with Crippen molar-refractivity contribution < 1.29 is 14.7 Å². The van der Waals surface area contributed by atoms with E-state index in [0.717, 1.165) is 38.0 Å². The minimum atomic E-state index is -0.666. The summed E-state index contributed by atoms with van der Waals surface area (Å²) >= 11 is 0. The van der Waals surface area contributed by atoms with Gasteiger partial charge in [0.1, 0.15) is 5.78 Å². The first-order valence-corrected chi connectivity index (χ1v) is 11.2. The molecule has 27 heavy (non-hydrogen) atoms. The predicted molar refractivity (Wildman–Crippen MR) is 106 cm³/mol. The van der Waals surface area contributed by atoms with Crippen LogP contribution in [0, 0.1) is 40.4 Å². The molecule has 4 aliphatic carbocycles. The van der Waals surface area contributed by atoms with E-state index in [-0.39, 0.29) is 5.41 Å². The van der Waals surface area contributed by atoms with E-state index in [9.17, 15) is 9.59 Å². The summed E-state index contributed by atoms with van der Waals surface area (Å²) in [6.45, 7) is 7.15. The normalized spacial score (nSPS) is 44.7. The van der Waals surface area contributed by atoms with Gasteiger partial charge in [-0.3, -0.25) is 9.59 Å². The second kappa shape index (κ2) is 6.74. The molecular formula is C24H36O3. The van der Waals surface area contributed by atoms with Gasteiger partial charge in [-0.2, -0.15) is 0 Å². The molecule has 4 aliphatic rings. The molecule has 0 saturated heterocycles. The van der Waals surface area contributed by atoms with Gasteiger partial charge in [-0.15, -0.1) is 0 Å². The third-order valence-corrected chi connectivity index (χ3v) is 9.35. The summed E-state index contributed by atoms with van der Waals surface area (Å²) < 4.78 is 0. The van der Waals surface area contributed by atoms with Gasteiger partial charge in [0, 0.05) is 19.3 Å². The number of carboxylic acids is 1. The van der Waals surface area contributed by atoms with Crippen molar-refractivity contribution in [3.8, 4) is 0 Å². The summed E-state index contributed by atoms with van der Waals surface area (Å²) in [7, 11) is 0. The predicted octanol–water partition coefficient (Wildman–Crippen LogP) is 5.64. The Hall–Kier alpha value is -1.12. The summed E-state index contributed by atoms with van der Waals surface area (Å²) in [5, 5.41) is 9.08. The molecule has 3 nitrogen and oxygen atoms in total. The number of ketones is 1. The fraction of sp³-hybridized carbons (Fsp3) is 0.833. The van der Waals surface area contributed by atoms with Crippen molar-refractivity contribution in [3.05, 3.63) is 11.6 Å². The smallest absolute Gasteiger partial charge is 0.303 e. The fourth-order valence-corrected chi connectivity index (χ4v) is 7.93. The molecule has 0 bridgehead atoms. The summed E-state index contributed by atoms with van der Waals surface area (Å²) in [5.41, 5.74) is 2.06. The van der Waals surface area contributed by atoms with Crippen molar-refractivity contribution in [3.63, 3.8) is 0 Å². The first kappa shape index (κ1) is 19.2. The molecule has 0 heterocycles. The third-order valence-electron chi connectivity index (χ3n) is 9.35. The Labute approximate surface area is 164 Å². The molecule has 3 fully saturated rings. The molecule has 0 aromatic rings. The van der Waals surface area contributed by atoms with Gasteiger partial charge in [0.15, 0.2) is 0 Å². The molecule has 4 rings (SSSR count). The van der Waals surface area contributed by atoms with E-state index in [1.807, 2.05) is 0 Å². The monoisotopic (exact) mass is 372 g/mol. The molecule has 7 atom stereocenters. The highest BCUT2D eigenvalue weighted by atomic mass is 16.4. The quantitative estimate of drug-likeness (QED) is 0.650. The number of carbonyl (C=O) groups excluding carboxylic acids is 1. The van der Waals surface area contributed by atoms with Crippen LogP contribution in [-0.4, -0.2) is 16.9 Å². The zero-order valence-corrected chi connectivity index (χ0v) is 17.3. The van der Waals surface area contributed by atoms with Crippen molar-refractivity contribution in [2.45, 2.75) is 85.0 Å². The number of Topliss-reactive ketones (excluding diaryl/α,β-unsaturated/α-hetero) is 1. The highest BCUT2D eigenvalue weighted by Crippen LogP contribution is 2.66. The standard InChI is InChI=1S/C24H36O3/c1-15(4-11-22(26)27)19-9-10-20-18-8-6-16-5-7-17(25)14-24(16,3)21(18)12-13-23(19,20)2/h12,15-16,18-20H,4-11,13-14H2,1-3H3,(H,26,27)/t15-,16+,18+,19-,20+,23-,24+/m1/s1. The topological polar surface area (TPSA) is 54.4 Å². The van der Waals surface area contributed by atoms with Gasteiger partial charge < -0.3 is 5.11 Å². The van der Waals surface area contributed by atoms with E-state index in [0.29, 0.717) is 41.3 Å². The number of carbonyl (C=O) groups is 2. The van der Waals surface area contributed by atoms with Crippen LogP contribution in [0.5, 0.6) is 0 Å². The second-order valence-electron chi connectivity index (χ2n) is 10.6. The summed E-state index contributed by atoms with van der Waals surface area (Å²) in [6, 6.07) is 0. The molecule has 0 spiro atoms. The Kier molecular flexibility index (Phi) is 4.79. The Balaban J connectivity index is 1.59. The Bertz CT molecular complexity index is 665. The molecule has 1 N–H and O–H groups in total. The number of hydrogen-bond acceptors (Lipinski definition) is 2. The molecule has 3 heteroatoms. The van der Waals surface area contributed by atoms with Crippen LogP contribution in [0.1, 0.15) is 85.0 Å². The SMILES string of the molecule is C[C@H](CCC(=O)O)[C@H]1CC[C@H]2[C@@H]3CC[C@@H]4CCC(=O)C[C@]4(C)C3=CC[C@]12C. The van der Waals surface area contributed by atoms with Crippen molar-refractivity contribution in [1.82, 2.24) is 0 Å². The number of hydrogen-bond donors (Lipinski definition) is 1. The maximum absolute atomic E-state index is 12.3. The minimum Gasteiger partial charge on any atom is -0.481 e. The van der Waals surface area contributed by atoms with Gasteiger partial charge in [-0.05, 0) is 85.4 Å². The lowest BCUT2D eigenvalue weighted by Gasteiger charge is -2.56. The molecule has 0 aromatic carbocycles. The molecule has 0 unspecified atom stereocenters. The zero-order chi connectivity index (χ0) is 19.4. The lowest BCUT2D eigenvalue weighted by molar-refractivity contribution is -0.137. The van der Waals surface area contributed by atoms with Crippen LogP contribution in [0.4, 0.5) is 0 Å². The van der Waals surface area contributed by atoms with E-state index in [4.69, 9.17) is 5.11 Å². The van der Waals surface area contributed by atoms with E-state index >= 15 is 0 Å². The van der Waals surface area contributed by atoms with Crippen molar-refractivity contribution in [2.24, 2.45) is 40.4 Å². The maximum Gasteiger partial charge on any atom is 0.303 e. The molecular weight excluding hydrogens is 336 g/mol. The molecule has 3 saturated carbocycles. The van der Waals surface area contributed by atoms with Crippen LogP contribution in [0.15, 0.2) is 11.6 Å². The number of aliphatic carboxylic acids is 1. The second-order valence-corrected chi connectivity index (χ2v) is 10.6. The van der Waals surface area contributed by atoms with Gasteiger partial charge in [0.2, 0.25) is 0 Å². The van der Waals surface area contributed by atoms with E-state index < -0.39 is 5.97 Å². The zero-order valence-electron chi connectivity index (χ0n) is 17.3. The number of fused-ring (bicyclic) bond motifs is 5. The van der Waals surface area contributed by atoms with Gasteiger partial charge in [-0.1, -0.05) is 32.4 Å². The molecule has 150 valence electrons. The van der Waals surface area contributed by atoms with Crippen LogP contribution < -0.4 is 0 Å². The first-order chi connectivity index (χ1) is 12.8. The Morgan fingerprint density at radius 1 is 1.22 bits per heavy atom. The van der Waals surface area contributed by atoms with Crippen LogP contribution in [0.2, 0.25) is 0 Å². The van der Waals surface area contributed by atoms with Crippen LogP contribution in [0.3, 0.4) is 0 Å². The van der Waals surface area contributed by atoms with Crippen molar-refractivity contribution in [2.75, 3.05) is 0 Å². The summed E-state index contributed by atoms with van der Waals surface area (Å²) in [5.74, 6) is 3.01. The average Bonchev–Trinajstić information content (AvgIpc) is 2.96. The van der Waals surface area contributed by atoms with Crippen LogP contribution in [0.25, 0.3) is 0 Å². The first-order valence-electron chi connectivity index (χ1n) is 11.2. The number of carboxylic acid groups (broad SMARTS) is 1. The summed E-state index contributed by atoms with van der Waals surface area (Å²) in [4.78, 5) is 23.3. The average molecular weight is 373 g/mol. The molecule has 0 amide bonds. The Morgan fingerprint density at radius 2 is 2.00 bits per heavy atom. The largest absolute Gasteiger partial charge is 0.481 e. The lowest BCUT2D eigenvalue weighted by Crippen LogP contribution is -2.48. The van der Waals surface area contributed by atoms with E-state index in [1.54, 1.807) is 5.57 Å². The van der Waals surface area contributed by atoms with E-state index in [1.165, 1.54) is 25.7 Å². The van der Waals surface area contributed by atoms with Crippen LogP contribution in [-0.2, 0) is 9.59 Å². The minimum absolute atomic E-state index is 0.118. The van der Waals surface area contributed by atoms with Crippen LogP contribution >= 0.6 is 0 Å². The number of rotatable bonds is 4. The molecule has 0 aromatic heterocycles. The lowest BCUT2D eigenvalue weighted by atomic mass is 9.48. The van der Waals surface area contributed by atoms with Gasteiger partial charge in [-0.25, -0.2) is 0 Å². The number of allylic oxidation sites excluding steroid dienone is 2. The highest BCUT2D eigenvalue weighted by molar-refractivity contribution is 5.80. The van der Waals surface area contributed by atoms with Gasteiger partial charge in [0.25, 0.3) is 0 Å². The van der Waals surface area contributed by atoms with Gasteiger partial charge in [0.05, 0.1) is 0 Å². The van der Waals surface area contributed by atoms with Crippen molar-refractivity contribution >= 4 is 11.8 Å². The fourth-order valence-electron chi connectivity index (χ4n) is 7.93. The maximum atomic E-state index is 12.3. The van der Waals surface area contributed by atoms with Crippen molar-refractivity contribution in [1.29, 1.82) is 0 Å². The molecule has 0 aliphatic heterocycles. The van der Waals surface area contributed by atoms with E-state index in [2.05, 4.69) is 26.8 Å². The highest BCUT2D eigenvalue weighted by Gasteiger charge is 2.57. The molecule has 0 radical (unpaired) electrons. The Morgan fingerprint density at radius 3 is 2.74 bits per heavy atom. The van der Waals surface area contributed by atoms with Gasteiger partial charge >= 0.3 is 5.97 Å².